The van der Waals surface area contributed by atoms with Gasteiger partial charge in [-0.1, -0.05) is 0 Å². The van der Waals surface area contributed by atoms with Gasteiger partial charge in [-0.3, -0.25) is 0 Å². The standard InChI is InChI=1S/C17H15Cl2NOSe/c1-17(10-22-12-6-4-3-5-7-12)15-13(19)8-11(18)9-14(15)20(2)16(17)21/h3-9H,10H2,1-2H3/t17-/m0/s1. The summed E-state index contributed by atoms with van der Waals surface area (Å²) in [5, 5.41) is 1.91. The summed E-state index contributed by atoms with van der Waals surface area (Å²) in [5.41, 5.74) is 1.15. The Kier molecular flexibility index (Phi) is 4.26. The maximum atomic E-state index is 12.8. The second-order valence-electron chi connectivity index (χ2n) is 5.58. The molecule has 1 aliphatic rings. The van der Waals surface area contributed by atoms with E-state index in [9.17, 15) is 4.79 Å². The molecule has 2 aromatic rings. The Balaban J connectivity index is 1.99. The molecule has 3 rings (SSSR count). The van der Waals surface area contributed by atoms with Crippen LogP contribution in [-0.4, -0.2) is 27.9 Å². The Bertz CT molecular complexity index is 735. The van der Waals surface area contributed by atoms with Crippen molar-refractivity contribution in [3.05, 3.63) is 58.1 Å². The van der Waals surface area contributed by atoms with Crippen LogP contribution in [0.15, 0.2) is 42.5 Å². The van der Waals surface area contributed by atoms with Crippen LogP contribution in [0.3, 0.4) is 0 Å². The van der Waals surface area contributed by atoms with Gasteiger partial charge in [0.25, 0.3) is 0 Å². The van der Waals surface area contributed by atoms with E-state index in [1.807, 2.05) is 31.2 Å². The number of benzene rings is 2. The number of halogens is 2. The van der Waals surface area contributed by atoms with E-state index in [2.05, 4.69) is 12.1 Å². The van der Waals surface area contributed by atoms with Gasteiger partial charge in [-0.05, 0) is 0 Å². The van der Waals surface area contributed by atoms with Crippen LogP contribution in [0.5, 0.6) is 0 Å². The van der Waals surface area contributed by atoms with Crippen molar-refractivity contribution in [1.29, 1.82) is 0 Å². The topological polar surface area (TPSA) is 20.3 Å². The van der Waals surface area contributed by atoms with Crippen molar-refractivity contribution in [1.82, 2.24) is 0 Å². The molecule has 0 aromatic heterocycles. The van der Waals surface area contributed by atoms with Gasteiger partial charge in [0.05, 0.1) is 0 Å². The van der Waals surface area contributed by atoms with Crippen LogP contribution in [-0.2, 0) is 10.2 Å². The predicted molar refractivity (Wildman–Crippen MR) is 93.9 cm³/mol. The molecule has 0 fully saturated rings. The first-order valence-corrected chi connectivity index (χ1v) is 9.71. The summed E-state index contributed by atoms with van der Waals surface area (Å²) in [4.78, 5) is 14.5. The zero-order valence-corrected chi connectivity index (χ0v) is 15.5. The first-order chi connectivity index (χ1) is 10.4. The maximum absolute atomic E-state index is 12.8. The number of fused-ring (bicyclic) bond motifs is 1. The van der Waals surface area contributed by atoms with Gasteiger partial charge in [0.15, 0.2) is 0 Å². The van der Waals surface area contributed by atoms with Crippen LogP contribution in [0, 0.1) is 0 Å². The van der Waals surface area contributed by atoms with Crippen LogP contribution in [0.4, 0.5) is 5.69 Å². The van der Waals surface area contributed by atoms with E-state index in [1.165, 1.54) is 4.46 Å². The SMILES string of the molecule is CN1C(=O)[C@@](C)(C[Se]c2ccccc2)c2c(Cl)cc(Cl)cc21. The number of hydrogen-bond acceptors (Lipinski definition) is 1. The number of carbonyl (C=O) groups is 1. The fourth-order valence-electron chi connectivity index (χ4n) is 2.84. The van der Waals surface area contributed by atoms with Gasteiger partial charge in [0.1, 0.15) is 0 Å². The van der Waals surface area contributed by atoms with Gasteiger partial charge < -0.3 is 0 Å². The van der Waals surface area contributed by atoms with Crippen LogP contribution < -0.4 is 9.36 Å². The first kappa shape index (κ1) is 15.9. The minimum absolute atomic E-state index is 0.0875. The number of rotatable bonds is 3. The summed E-state index contributed by atoms with van der Waals surface area (Å²) >= 11 is 12.7. The van der Waals surface area contributed by atoms with Crippen LogP contribution in [0.25, 0.3) is 0 Å². The Morgan fingerprint density at radius 2 is 1.86 bits per heavy atom. The average molecular weight is 399 g/mol. The number of amides is 1. The van der Waals surface area contributed by atoms with Gasteiger partial charge in [0.2, 0.25) is 0 Å². The molecule has 114 valence electrons. The fourth-order valence-corrected chi connectivity index (χ4v) is 5.78. The molecule has 0 unspecified atom stereocenters. The molecule has 0 saturated carbocycles. The third kappa shape index (κ3) is 2.57. The fraction of sp³-hybridized carbons (Fsp3) is 0.235. The van der Waals surface area contributed by atoms with Crippen molar-refractivity contribution in [2.75, 3.05) is 11.9 Å². The van der Waals surface area contributed by atoms with E-state index >= 15 is 0 Å². The Morgan fingerprint density at radius 3 is 2.55 bits per heavy atom. The van der Waals surface area contributed by atoms with Gasteiger partial charge in [-0.15, -0.1) is 0 Å². The summed E-state index contributed by atoms with van der Waals surface area (Å²) in [6.07, 6.45) is 0. The molecular weight excluding hydrogens is 384 g/mol. The number of carbonyl (C=O) groups excluding carboxylic acids is 1. The molecule has 2 aromatic carbocycles. The van der Waals surface area contributed by atoms with Crippen molar-refractivity contribution < 1.29 is 4.79 Å². The quantitative estimate of drug-likeness (QED) is 0.722. The van der Waals surface area contributed by atoms with Crippen molar-refractivity contribution >= 4 is 54.2 Å². The van der Waals surface area contributed by atoms with Crippen molar-refractivity contribution in [3.8, 4) is 0 Å². The Hall–Kier alpha value is -0.991. The van der Waals surface area contributed by atoms with E-state index in [0.29, 0.717) is 10.0 Å². The van der Waals surface area contributed by atoms with E-state index in [-0.39, 0.29) is 20.9 Å². The van der Waals surface area contributed by atoms with Crippen molar-refractivity contribution in [3.63, 3.8) is 0 Å². The van der Waals surface area contributed by atoms with Crippen LogP contribution in [0.2, 0.25) is 15.4 Å². The van der Waals surface area contributed by atoms with E-state index < -0.39 is 5.41 Å². The molecule has 1 atom stereocenters. The summed E-state index contributed by atoms with van der Waals surface area (Å²) in [6, 6.07) is 13.8. The Labute approximate surface area is 146 Å². The third-order valence-corrected chi connectivity index (χ3v) is 7.30. The predicted octanol–water partition coefficient (Wildman–Crippen LogP) is 3.68. The molecule has 0 N–H and O–H groups in total. The first-order valence-electron chi connectivity index (χ1n) is 6.89. The number of hydrogen-bond donors (Lipinski definition) is 0. The molecule has 0 spiro atoms. The number of likely N-dealkylation sites (N-methyl/N-ethyl adjacent to an activating group) is 1. The molecule has 0 aliphatic carbocycles. The molecule has 0 bridgehead atoms. The zero-order valence-electron chi connectivity index (χ0n) is 12.3. The molecular formula is C17H15Cl2NOSe. The second-order valence-corrected chi connectivity index (χ2v) is 8.62. The average Bonchev–Trinajstić information content (AvgIpc) is 2.69. The van der Waals surface area contributed by atoms with Crippen LogP contribution >= 0.6 is 23.2 Å². The molecule has 2 nitrogen and oxygen atoms in total. The molecule has 1 heterocycles. The Morgan fingerprint density at radius 1 is 1.18 bits per heavy atom. The molecule has 0 radical (unpaired) electrons. The van der Waals surface area contributed by atoms with E-state index in [4.69, 9.17) is 23.2 Å². The molecule has 22 heavy (non-hydrogen) atoms. The normalized spacial score (nSPS) is 20.4. The minimum atomic E-state index is -0.582. The van der Waals surface area contributed by atoms with Gasteiger partial charge in [0, 0.05) is 0 Å². The van der Waals surface area contributed by atoms with E-state index in [0.717, 1.165) is 16.6 Å². The van der Waals surface area contributed by atoms with Gasteiger partial charge in [-0.25, -0.2) is 0 Å². The molecule has 1 aliphatic heterocycles. The van der Waals surface area contributed by atoms with Gasteiger partial charge in [-0.2, -0.15) is 0 Å². The van der Waals surface area contributed by atoms with Crippen LogP contribution in [0.1, 0.15) is 12.5 Å². The molecule has 0 saturated heterocycles. The van der Waals surface area contributed by atoms with E-state index in [1.54, 1.807) is 18.0 Å². The van der Waals surface area contributed by atoms with Gasteiger partial charge >= 0.3 is 147 Å². The number of anilines is 1. The second kappa shape index (κ2) is 5.90. The summed E-state index contributed by atoms with van der Waals surface area (Å²) in [7, 11) is 1.79. The summed E-state index contributed by atoms with van der Waals surface area (Å²) < 4.78 is 1.28. The van der Waals surface area contributed by atoms with Crippen molar-refractivity contribution in [2.24, 2.45) is 0 Å². The summed E-state index contributed by atoms with van der Waals surface area (Å²) in [6.45, 7) is 1.99. The summed E-state index contributed by atoms with van der Waals surface area (Å²) in [5.74, 6) is 0.0875. The molecule has 1 amide bonds. The zero-order chi connectivity index (χ0) is 15.9. The number of nitrogens with zero attached hydrogens (tertiary/aromatic N) is 1. The van der Waals surface area contributed by atoms with Crippen molar-refractivity contribution in [2.45, 2.75) is 17.7 Å². The third-order valence-electron chi connectivity index (χ3n) is 3.99. The molecule has 5 heteroatoms. The monoisotopic (exact) mass is 399 g/mol.